The predicted octanol–water partition coefficient (Wildman–Crippen LogP) is 17.2. The fraction of sp³-hybridized carbons (Fsp3) is 0.0492. The molecule has 3 heteroatoms. The number of nitrogens with zero attached hydrogens (tertiary/aromatic N) is 2. The Morgan fingerprint density at radius 1 is 0.312 bits per heavy atom. The minimum atomic E-state index is -0.120. The van der Waals surface area contributed by atoms with E-state index in [1.54, 1.807) is 0 Å². The van der Waals surface area contributed by atoms with Crippen LogP contribution in [0.1, 0.15) is 25.0 Å². The van der Waals surface area contributed by atoms with Crippen LogP contribution in [-0.4, -0.2) is 0 Å². The maximum atomic E-state index is 7.12. The third-order valence-corrected chi connectivity index (χ3v) is 13.2. The number of ether oxygens (including phenoxy) is 1. The van der Waals surface area contributed by atoms with Gasteiger partial charge < -0.3 is 14.5 Å². The van der Waals surface area contributed by atoms with Crippen molar-refractivity contribution in [2.24, 2.45) is 0 Å². The molecule has 2 aliphatic rings. The Kier molecular flexibility index (Phi) is 8.84. The highest BCUT2D eigenvalue weighted by atomic mass is 16.5. The highest BCUT2D eigenvalue weighted by Crippen LogP contribution is 2.53. The smallest absolute Gasteiger partial charge is 0.138 e. The van der Waals surface area contributed by atoms with Gasteiger partial charge >= 0.3 is 0 Å². The maximum Gasteiger partial charge on any atom is 0.138 e. The van der Waals surface area contributed by atoms with Gasteiger partial charge in [-0.15, -0.1) is 0 Å². The molecule has 1 aliphatic carbocycles. The number of hydrogen-bond donors (Lipinski definition) is 0. The Bertz CT molecular complexity index is 3280. The van der Waals surface area contributed by atoms with E-state index in [2.05, 4.69) is 254 Å². The van der Waals surface area contributed by atoms with Gasteiger partial charge in [-0.2, -0.15) is 0 Å². The van der Waals surface area contributed by atoms with Crippen molar-refractivity contribution in [1.29, 1.82) is 0 Å². The fourth-order valence-corrected chi connectivity index (χ4v) is 10.1. The first-order chi connectivity index (χ1) is 31.5. The second-order valence-corrected chi connectivity index (χ2v) is 17.4. The lowest BCUT2D eigenvalue weighted by Gasteiger charge is -2.30. The molecule has 0 bridgehead atoms. The number of benzene rings is 10. The Morgan fingerprint density at radius 3 is 1.44 bits per heavy atom. The van der Waals surface area contributed by atoms with Gasteiger partial charge in [0.05, 0.1) is 5.69 Å². The Morgan fingerprint density at radius 2 is 0.781 bits per heavy atom. The normalized spacial score (nSPS) is 12.8. The summed E-state index contributed by atoms with van der Waals surface area (Å²) in [6.07, 6.45) is 0. The SMILES string of the molecule is CC1(C)c2ccccc2-c2ccc(N(c3ccccc3)c3ccc4c(c3)Oc3cc(N(c5ccc(-c6ccccc6)cc5)c5ccc(-c6ccccc6)cc5)cc5cccc-4c35)cc21. The van der Waals surface area contributed by atoms with Gasteiger partial charge in [0.2, 0.25) is 0 Å². The van der Waals surface area contributed by atoms with Gasteiger partial charge in [-0.1, -0.05) is 166 Å². The molecule has 0 aromatic heterocycles. The van der Waals surface area contributed by atoms with Crippen LogP contribution < -0.4 is 14.5 Å². The molecule has 0 fully saturated rings. The molecule has 0 amide bonds. The van der Waals surface area contributed by atoms with E-state index in [-0.39, 0.29) is 5.41 Å². The highest BCUT2D eigenvalue weighted by Gasteiger charge is 2.36. The van der Waals surface area contributed by atoms with Crippen LogP contribution >= 0.6 is 0 Å². The van der Waals surface area contributed by atoms with Gasteiger partial charge in [-0.3, -0.25) is 0 Å². The van der Waals surface area contributed by atoms with Gasteiger partial charge in [0.15, 0.2) is 0 Å². The van der Waals surface area contributed by atoms with E-state index in [0.717, 1.165) is 62.0 Å². The van der Waals surface area contributed by atoms with E-state index in [9.17, 15) is 0 Å². The predicted molar refractivity (Wildman–Crippen MR) is 267 cm³/mol. The van der Waals surface area contributed by atoms with Crippen molar-refractivity contribution >= 4 is 44.9 Å². The number of fused-ring (bicyclic) bond motifs is 5. The minimum Gasteiger partial charge on any atom is -0.456 e. The minimum absolute atomic E-state index is 0.120. The lowest BCUT2D eigenvalue weighted by molar-refractivity contribution is 0.487. The molecule has 64 heavy (non-hydrogen) atoms. The van der Waals surface area contributed by atoms with Crippen molar-refractivity contribution in [2.75, 3.05) is 9.80 Å². The summed E-state index contributed by atoms with van der Waals surface area (Å²) in [4.78, 5) is 4.70. The summed E-state index contributed by atoms with van der Waals surface area (Å²) in [5.41, 5.74) is 18.6. The van der Waals surface area contributed by atoms with Crippen LogP contribution in [0.2, 0.25) is 0 Å². The topological polar surface area (TPSA) is 15.7 Å². The Hall–Kier alpha value is -8.14. The van der Waals surface area contributed by atoms with Crippen molar-refractivity contribution in [3.05, 3.63) is 242 Å². The van der Waals surface area contributed by atoms with E-state index >= 15 is 0 Å². The standard InChI is InChI=1S/C61H44N2O/c1-61(2)56-24-13-12-22-52(56)53-35-33-49(38-57(53)61)63(46-20-10-5-11-21-46)50-34-36-54-55-23-14-19-45-37-51(40-59(60(45)55)64-58(54)39-50)62(47-29-25-43(26-30-47)41-15-6-3-7-16-41)48-31-27-44(28-32-48)42-17-8-4-9-18-42/h3-40H,1-2H3. The van der Waals surface area contributed by atoms with Gasteiger partial charge in [0.1, 0.15) is 11.5 Å². The molecule has 0 saturated carbocycles. The van der Waals surface area contributed by atoms with E-state index in [1.807, 2.05) is 0 Å². The summed E-state index contributed by atoms with van der Waals surface area (Å²) in [5, 5.41) is 2.24. The van der Waals surface area contributed by atoms with Crippen molar-refractivity contribution in [2.45, 2.75) is 19.3 Å². The average molecular weight is 821 g/mol. The summed E-state index contributed by atoms with van der Waals surface area (Å²) in [5.74, 6) is 1.67. The fourth-order valence-electron chi connectivity index (χ4n) is 10.1. The van der Waals surface area contributed by atoms with Crippen LogP contribution in [0.3, 0.4) is 0 Å². The number of rotatable bonds is 8. The van der Waals surface area contributed by atoms with Crippen molar-refractivity contribution < 1.29 is 4.74 Å². The lowest BCUT2D eigenvalue weighted by Crippen LogP contribution is -2.16. The molecular formula is C61H44N2O. The molecule has 0 spiro atoms. The van der Waals surface area contributed by atoms with Crippen LogP contribution in [-0.2, 0) is 5.41 Å². The monoisotopic (exact) mass is 820 g/mol. The van der Waals surface area contributed by atoms with E-state index in [1.165, 1.54) is 50.1 Å². The van der Waals surface area contributed by atoms with Crippen LogP contribution in [0, 0.1) is 0 Å². The van der Waals surface area contributed by atoms with Crippen LogP contribution in [0.4, 0.5) is 34.1 Å². The first-order valence-electron chi connectivity index (χ1n) is 22.1. The summed E-state index contributed by atoms with van der Waals surface area (Å²) in [6, 6.07) is 83.1. The van der Waals surface area contributed by atoms with Gasteiger partial charge in [-0.05, 0) is 122 Å². The molecule has 0 atom stereocenters. The first-order valence-corrected chi connectivity index (χ1v) is 22.1. The average Bonchev–Trinajstić information content (AvgIpc) is 3.58. The molecule has 0 saturated heterocycles. The molecule has 12 rings (SSSR count). The van der Waals surface area contributed by atoms with Crippen LogP contribution in [0.5, 0.6) is 11.5 Å². The molecule has 1 heterocycles. The molecule has 304 valence electrons. The number of anilines is 6. The molecule has 1 aliphatic heterocycles. The molecule has 10 aromatic carbocycles. The quantitative estimate of drug-likeness (QED) is 0.152. The molecule has 3 nitrogen and oxygen atoms in total. The largest absolute Gasteiger partial charge is 0.456 e. The summed E-state index contributed by atoms with van der Waals surface area (Å²) >= 11 is 0. The van der Waals surface area contributed by atoms with Crippen LogP contribution in [0.15, 0.2) is 231 Å². The second-order valence-electron chi connectivity index (χ2n) is 17.4. The zero-order valence-electron chi connectivity index (χ0n) is 35.7. The molecule has 0 N–H and O–H groups in total. The van der Waals surface area contributed by atoms with E-state index in [0.29, 0.717) is 0 Å². The van der Waals surface area contributed by atoms with E-state index in [4.69, 9.17) is 4.74 Å². The zero-order valence-corrected chi connectivity index (χ0v) is 35.7. The lowest BCUT2D eigenvalue weighted by atomic mass is 9.82. The van der Waals surface area contributed by atoms with Gasteiger partial charge in [0, 0.05) is 56.9 Å². The van der Waals surface area contributed by atoms with Gasteiger partial charge in [-0.25, -0.2) is 0 Å². The molecule has 0 unspecified atom stereocenters. The highest BCUT2D eigenvalue weighted by molar-refractivity contribution is 6.06. The number of hydrogen-bond acceptors (Lipinski definition) is 3. The van der Waals surface area contributed by atoms with Gasteiger partial charge in [0.25, 0.3) is 0 Å². The maximum absolute atomic E-state index is 7.12. The third kappa shape index (κ3) is 6.28. The molecular weight excluding hydrogens is 777 g/mol. The summed E-state index contributed by atoms with van der Waals surface area (Å²) in [7, 11) is 0. The summed E-state index contributed by atoms with van der Waals surface area (Å²) in [6.45, 7) is 4.68. The molecule has 10 aromatic rings. The van der Waals surface area contributed by atoms with E-state index < -0.39 is 0 Å². The number of para-hydroxylation sites is 1. The Labute approximate surface area is 374 Å². The van der Waals surface area contributed by atoms with Crippen LogP contribution in [0.25, 0.3) is 55.3 Å². The zero-order chi connectivity index (χ0) is 42.8. The first kappa shape index (κ1) is 37.6. The third-order valence-electron chi connectivity index (χ3n) is 13.2. The second kappa shape index (κ2) is 15.0. The van der Waals surface area contributed by atoms with Crippen molar-refractivity contribution in [1.82, 2.24) is 0 Å². The molecule has 0 radical (unpaired) electrons. The Balaban J connectivity index is 0.966. The van der Waals surface area contributed by atoms with Crippen molar-refractivity contribution in [3.8, 4) is 56.0 Å². The summed E-state index contributed by atoms with van der Waals surface area (Å²) < 4.78 is 7.12. The van der Waals surface area contributed by atoms with Crippen molar-refractivity contribution in [3.63, 3.8) is 0 Å².